The third-order valence-corrected chi connectivity index (χ3v) is 5.82. The minimum atomic E-state index is -4.60. The van der Waals surface area contributed by atoms with E-state index in [2.05, 4.69) is 16.9 Å². The molecule has 5 N–H and O–H groups in total. The average molecular weight is 421 g/mol. The van der Waals surface area contributed by atoms with Gasteiger partial charge in [0.15, 0.2) is 0 Å². The highest BCUT2D eigenvalue weighted by atomic mass is 32.1. The lowest BCUT2D eigenvalue weighted by Crippen LogP contribution is -2.36. The number of nitrogens with two attached hydrogens (primary N) is 1. The van der Waals surface area contributed by atoms with Crippen molar-refractivity contribution in [2.75, 3.05) is 0 Å². The largest absolute Gasteiger partial charge is 0.507 e. The molecule has 1 rings (SSSR count). The van der Waals surface area contributed by atoms with Gasteiger partial charge < -0.3 is 25.6 Å². The standard InChI is InChI=1S/C16H24NO8PS/c1-7-11(15(21)24-16(3,4)5)9(6-10(17)14(19)20)13(8(2)12(7)18)26(22,23)25-27/h10,18,27H,6,17H2,1-5H3,(H,19,20)(H,22,23). The predicted octanol–water partition coefficient (Wildman–Crippen LogP) is 1.59. The number of hydrogen-bond acceptors (Lipinski definition) is 8. The van der Waals surface area contributed by atoms with Crippen LogP contribution < -0.4 is 11.0 Å². The molecule has 0 spiro atoms. The molecule has 9 nitrogen and oxygen atoms in total. The molecule has 0 aliphatic rings. The lowest BCUT2D eigenvalue weighted by molar-refractivity contribution is -0.138. The molecule has 0 amide bonds. The molecule has 27 heavy (non-hydrogen) atoms. The number of esters is 1. The van der Waals surface area contributed by atoms with Crippen molar-refractivity contribution in [3.05, 3.63) is 22.3 Å². The number of carbonyl (C=O) groups is 2. The fourth-order valence-electron chi connectivity index (χ4n) is 2.62. The summed E-state index contributed by atoms with van der Waals surface area (Å²) in [4.78, 5) is 34.1. The van der Waals surface area contributed by atoms with Gasteiger partial charge in [-0.3, -0.25) is 9.36 Å². The first-order valence-electron chi connectivity index (χ1n) is 7.87. The number of benzene rings is 1. The highest BCUT2D eigenvalue weighted by Gasteiger charge is 2.36. The van der Waals surface area contributed by atoms with E-state index in [9.17, 15) is 24.2 Å². The van der Waals surface area contributed by atoms with E-state index in [1.165, 1.54) is 13.8 Å². The highest BCUT2D eigenvalue weighted by Crippen LogP contribution is 2.47. The summed E-state index contributed by atoms with van der Waals surface area (Å²) in [5.74, 6) is -2.69. The smallest absolute Gasteiger partial charge is 0.370 e. The summed E-state index contributed by atoms with van der Waals surface area (Å²) in [6, 6.07) is -1.48. The normalized spacial score (nSPS) is 15.1. The van der Waals surface area contributed by atoms with E-state index >= 15 is 0 Å². The zero-order valence-corrected chi connectivity index (χ0v) is 17.4. The molecule has 2 atom stereocenters. The lowest BCUT2D eigenvalue weighted by atomic mass is 9.93. The zero-order chi connectivity index (χ0) is 21.3. The molecule has 0 radical (unpaired) electrons. The van der Waals surface area contributed by atoms with Gasteiger partial charge in [-0.2, -0.15) is 0 Å². The molecular formula is C16H24NO8PS. The number of rotatable bonds is 6. The van der Waals surface area contributed by atoms with E-state index in [1.807, 2.05) is 0 Å². The second-order valence-corrected chi connectivity index (χ2v) is 9.19. The van der Waals surface area contributed by atoms with Crippen LogP contribution in [0.25, 0.3) is 0 Å². The Balaban J connectivity index is 3.91. The van der Waals surface area contributed by atoms with Crippen molar-refractivity contribution in [1.29, 1.82) is 0 Å². The van der Waals surface area contributed by atoms with Gasteiger partial charge in [0.1, 0.15) is 17.4 Å². The van der Waals surface area contributed by atoms with Crippen molar-refractivity contribution in [2.45, 2.75) is 52.7 Å². The number of ether oxygens (including phenoxy) is 1. The number of aromatic hydroxyl groups is 1. The lowest BCUT2D eigenvalue weighted by Gasteiger charge is -2.25. The Morgan fingerprint density at radius 1 is 1.26 bits per heavy atom. The van der Waals surface area contributed by atoms with Gasteiger partial charge in [0.2, 0.25) is 0 Å². The Hall–Kier alpha value is -1.58. The van der Waals surface area contributed by atoms with Crippen LogP contribution in [0.4, 0.5) is 0 Å². The summed E-state index contributed by atoms with van der Waals surface area (Å²) in [5, 5.41) is 19.1. The zero-order valence-electron chi connectivity index (χ0n) is 15.6. The quantitative estimate of drug-likeness (QED) is 0.199. The number of carboxylic acids is 1. The van der Waals surface area contributed by atoms with Crippen molar-refractivity contribution in [3.8, 4) is 5.75 Å². The van der Waals surface area contributed by atoms with Crippen LogP contribution in [-0.2, 0) is 24.5 Å². The van der Waals surface area contributed by atoms with Crippen molar-refractivity contribution in [1.82, 2.24) is 0 Å². The van der Waals surface area contributed by atoms with E-state index in [4.69, 9.17) is 15.6 Å². The highest BCUT2D eigenvalue weighted by molar-refractivity contribution is 7.83. The van der Waals surface area contributed by atoms with Gasteiger partial charge in [0.05, 0.1) is 10.9 Å². The average Bonchev–Trinajstić information content (AvgIpc) is 2.50. The molecule has 0 saturated carbocycles. The van der Waals surface area contributed by atoms with Gasteiger partial charge in [0, 0.05) is 17.5 Å². The summed E-state index contributed by atoms with van der Waals surface area (Å²) >= 11 is 3.39. The van der Waals surface area contributed by atoms with Gasteiger partial charge in [-0.05, 0) is 53.1 Å². The van der Waals surface area contributed by atoms with E-state index in [0.29, 0.717) is 0 Å². The maximum atomic E-state index is 12.7. The Labute approximate surface area is 162 Å². The molecule has 2 unspecified atom stereocenters. The van der Waals surface area contributed by atoms with Crippen molar-refractivity contribution < 1.29 is 38.0 Å². The van der Waals surface area contributed by atoms with Gasteiger partial charge in [0.25, 0.3) is 0 Å². The van der Waals surface area contributed by atoms with E-state index < -0.39 is 48.7 Å². The summed E-state index contributed by atoms with van der Waals surface area (Å²) in [7, 11) is -4.60. The molecular weight excluding hydrogens is 397 g/mol. The van der Waals surface area contributed by atoms with Gasteiger partial charge in [-0.15, -0.1) is 0 Å². The first kappa shape index (κ1) is 23.5. The molecule has 1 aromatic rings. The van der Waals surface area contributed by atoms with E-state index in [-0.39, 0.29) is 22.3 Å². The second kappa shape index (κ2) is 8.20. The van der Waals surface area contributed by atoms with Gasteiger partial charge >= 0.3 is 19.5 Å². The van der Waals surface area contributed by atoms with Gasteiger partial charge in [-0.1, -0.05) is 0 Å². The summed E-state index contributed by atoms with van der Waals surface area (Å²) in [5.41, 5.74) is 4.32. The fourth-order valence-corrected chi connectivity index (χ4v) is 4.02. The minimum Gasteiger partial charge on any atom is -0.507 e. The minimum absolute atomic E-state index is 0.0488. The van der Waals surface area contributed by atoms with E-state index in [0.717, 1.165) is 0 Å². The fraction of sp³-hybridized carbons (Fsp3) is 0.500. The van der Waals surface area contributed by atoms with Crippen molar-refractivity contribution in [3.63, 3.8) is 0 Å². The molecule has 1 aromatic carbocycles. The van der Waals surface area contributed by atoms with Crippen LogP contribution in [0.15, 0.2) is 0 Å². The van der Waals surface area contributed by atoms with Crippen LogP contribution in [0.1, 0.15) is 47.8 Å². The van der Waals surface area contributed by atoms with Crippen LogP contribution in [0, 0.1) is 13.8 Å². The third-order valence-electron chi connectivity index (χ3n) is 3.77. The SMILES string of the molecule is Cc1c(O)c(C)c(P(=O)(O)OS)c(CC(N)C(=O)O)c1C(=O)OC(C)(C)C. The molecule has 0 aliphatic carbocycles. The summed E-state index contributed by atoms with van der Waals surface area (Å²) in [6.45, 7) is 7.59. The predicted molar refractivity (Wildman–Crippen MR) is 102 cm³/mol. The number of thiol groups is 1. The van der Waals surface area contributed by atoms with Crippen molar-refractivity contribution in [2.24, 2.45) is 5.73 Å². The number of phenolic OH excluding ortho intramolecular Hbond substituents is 1. The topological polar surface area (TPSA) is 156 Å². The number of carboxylic acid groups (broad SMARTS) is 1. The Kier molecular flexibility index (Phi) is 7.12. The molecule has 0 fully saturated rings. The number of phenols is 1. The number of aliphatic carboxylic acids is 1. The molecule has 11 heteroatoms. The maximum absolute atomic E-state index is 12.7. The molecule has 0 aliphatic heterocycles. The summed E-state index contributed by atoms with van der Waals surface area (Å²) in [6.07, 6.45) is -0.469. The Morgan fingerprint density at radius 3 is 2.19 bits per heavy atom. The molecule has 0 heterocycles. The Bertz CT molecular complexity index is 818. The van der Waals surface area contributed by atoms with Crippen LogP contribution in [0.2, 0.25) is 0 Å². The first-order valence-corrected chi connectivity index (χ1v) is 9.81. The van der Waals surface area contributed by atoms with Crippen LogP contribution in [-0.4, -0.2) is 38.7 Å². The molecule has 0 saturated heterocycles. The molecule has 152 valence electrons. The maximum Gasteiger partial charge on any atom is 0.370 e. The number of hydrogen-bond donors (Lipinski definition) is 5. The number of carbonyl (C=O) groups excluding carboxylic acids is 1. The summed E-state index contributed by atoms with van der Waals surface area (Å²) < 4.78 is 22.2. The van der Waals surface area contributed by atoms with Crippen LogP contribution in [0.5, 0.6) is 5.75 Å². The first-order chi connectivity index (χ1) is 12.1. The van der Waals surface area contributed by atoms with Gasteiger partial charge in [-0.25, -0.2) is 8.76 Å². The van der Waals surface area contributed by atoms with Crippen LogP contribution >= 0.6 is 20.5 Å². The van der Waals surface area contributed by atoms with Crippen molar-refractivity contribution >= 4 is 37.7 Å². The molecule has 0 aromatic heterocycles. The Morgan fingerprint density at radius 2 is 1.78 bits per heavy atom. The molecule has 0 bridgehead atoms. The van der Waals surface area contributed by atoms with Crippen LogP contribution in [0.3, 0.4) is 0 Å². The monoisotopic (exact) mass is 421 g/mol. The van der Waals surface area contributed by atoms with E-state index in [1.54, 1.807) is 20.8 Å². The second-order valence-electron chi connectivity index (χ2n) is 7.05. The third kappa shape index (κ3) is 5.24.